The lowest BCUT2D eigenvalue weighted by Gasteiger charge is -2.19. The number of para-hydroxylation sites is 1. The molecule has 4 heteroatoms. The first-order chi connectivity index (χ1) is 9.77. The maximum absolute atomic E-state index is 12.6. The van der Waals surface area contributed by atoms with E-state index >= 15 is 0 Å². The van der Waals surface area contributed by atoms with E-state index in [2.05, 4.69) is 6.07 Å². The molecule has 0 bridgehead atoms. The van der Waals surface area contributed by atoms with Crippen LogP contribution in [0.15, 0.2) is 48.5 Å². The van der Waals surface area contributed by atoms with Crippen molar-refractivity contribution in [3.05, 3.63) is 59.7 Å². The Morgan fingerprint density at radius 1 is 1.15 bits per heavy atom. The van der Waals surface area contributed by atoms with Crippen LogP contribution in [0.25, 0.3) is 0 Å². The third-order valence-electron chi connectivity index (χ3n) is 3.42. The Kier molecular flexibility index (Phi) is 2.88. The van der Waals surface area contributed by atoms with E-state index < -0.39 is 6.04 Å². The number of carbonyl (C=O) groups is 1. The Morgan fingerprint density at radius 2 is 1.90 bits per heavy atom. The topological polar surface area (TPSA) is 53.3 Å². The maximum Gasteiger partial charge on any atom is 0.263 e. The largest absolute Gasteiger partial charge is 0.496 e. The number of nitriles is 1. The van der Waals surface area contributed by atoms with Crippen LogP contribution in [0, 0.1) is 11.3 Å². The van der Waals surface area contributed by atoms with Gasteiger partial charge in [-0.2, -0.15) is 5.26 Å². The van der Waals surface area contributed by atoms with Crippen LogP contribution in [-0.4, -0.2) is 13.0 Å². The van der Waals surface area contributed by atoms with Crippen molar-refractivity contribution in [1.29, 1.82) is 5.26 Å². The van der Waals surface area contributed by atoms with Crippen molar-refractivity contribution in [2.45, 2.75) is 6.04 Å². The molecule has 1 unspecified atom stereocenters. The lowest BCUT2D eigenvalue weighted by molar-refractivity contribution is 0.0992. The second-order valence-electron chi connectivity index (χ2n) is 4.47. The number of ether oxygens (including phenoxy) is 1. The van der Waals surface area contributed by atoms with Gasteiger partial charge >= 0.3 is 0 Å². The third kappa shape index (κ3) is 1.64. The number of anilines is 1. The molecule has 0 fully saturated rings. The number of carbonyl (C=O) groups excluding carboxylic acids is 1. The number of hydrogen-bond donors (Lipinski definition) is 0. The van der Waals surface area contributed by atoms with Gasteiger partial charge in [0, 0.05) is 11.3 Å². The minimum Gasteiger partial charge on any atom is -0.496 e. The second-order valence-corrected chi connectivity index (χ2v) is 4.47. The molecule has 1 heterocycles. The van der Waals surface area contributed by atoms with Crippen molar-refractivity contribution in [1.82, 2.24) is 0 Å². The average molecular weight is 264 g/mol. The summed E-state index contributed by atoms with van der Waals surface area (Å²) in [5.41, 5.74) is 1.88. The number of fused-ring (bicyclic) bond motifs is 1. The van der Waals surface area contributed by atoms with Crippen LogP contribution in [0.4, 0.5) is 5.69 Å². The molecule has 2 aromatic rings. The van der Waals surface area contributed by atoms with Gasteiger partial charge in [0.2, 0.25) is 0 Å². The molecular weight excluding hydrogens is 252 g/mol. The molecule has 0 radical (unpaired) electrons. The molecule has 4 nitrogen and oxygen atoms in total. The van der Waals surface area contributed by atoms with Gasteiger partial charge in [0.15, 0.2) is 6.04 Å². The van der Waals surface area contributed by atoms with Gasteiger partial charge in [-0.1, -0.05) is 30.3 Å². The zero-order valence-electron chi connectivity index (χ0n) is 10.9. The molecule has 0 aromatic heterocycles. The molecule has 0 spiro atoms. The Balaban J connectivity index is 2.18. The summed E-state index contributed by atoms with van der Waals surface area (Å²) in [6, 6.07) is 16.1. The van der Waals surface area contributed by atoms with Gasteiger partial charge in [-0.15, -0.1) is 0 Å². The SMILES string of the molecule is COc1cccc2c1C(=O)N(c1ccccc1)C2C#N. The predicted molar refractivity (Wildman–Crippen MR) is 74.6 cm³/mol. The molecule has 1 aliphatic rings. The van der Waals surface area contributed by atoms with E-state index in [-0.39, 0.29) is 5.91 Å². The highest BCUT2D eigenvalue weighted by atomic mass is 16.5. The first-order valence-corrected chi connectivity index (χ1v) is 6.23. The molecule has 1 atom stereocenters. The van der Waals surface area contributed by atoms with E-state index in [0.29, 0.717) is 22.6 Å². The summed E-state index contributed by atoms with van der Waals surface area (Å²) in [5, 5.41) is 9.44. The Bertz CT molecular complexity index is 704. The van der Waals surface area contributed by atoms with Crippen LogP contribution in [0.3, 0.4) is 0 Å². The summed E-state index contributed by atoms with van der Waals surface area (Å²) in [5.74, 6) is 0.307. The number of rotatable bonds is 2. The summed E-state index contributed by atoms with van der Waals surface area (Å²) in [6.45, 7) is 0. The quantitative estimate of drug-likeness (QED) is 0.838. The number of methoxy groups -OCH3 is 1. The summed E-state index contributed by atoms with van der Waals surface area (Å²) < 4.78 is 5.25. The number of hydrogen-bond acceptors (Lipinski definition) is 3. The van der Waals surface area contributed by atoms with Gasteiger partial charge in [-0.05, 0) is 18.2 Å². The highest BCUT2D eigenvalue weighted by molar-refractivity contribution is 6.13. The van der Waals surface area contributed by atoms with Crippen molar-refractivity contribution < 1.29 is 9.53 Å². The zero-order chi connectivity index (χ0) is 14.1. The third-order valence-corrected chi connectivity index (χ3v) is 3.42. The Morgan fingerprint density at radius 3 is 2.55 bits per heavy atom. The molecule has 20 heavy (non-hydrogen) atoms. The van der Waals surface area contributed by atoms with Gasteiger partial charge < -0.3 is 4.74 Å². The Labute approximate surface area is 116 Å². The molecule has 0 N–H and O–H groups in total. The van der Waals surface area contributed by atoms with Crippen molar-refractivity contribution in [2.75, 3.05) is 12.0 Å². The summed E-state index contributed by atoms with van der Waals surface area (Å²) >= 11 is 0. The Hall–Kier alpha value is -2.80. The maximum atomic E-state index is 12.6. The van der Waals surface area contributed by atoms with E-state index in [1.807, 2.05) is 30.3 Å². The summed E-state index contributed by atoms with van der Waals surface area (Å²) in [4.78, 5) is 14.1. The fraction of sp³-hybridized carbons (Fsp3) is 0.125. The first-order valence-electron chi connectivity index (χ1n) is 6.23. The van der Waals surface area contributed by atoms with Crippen LogP contribution in [0.2, 0.25) is 0 Å². The van der Waals surface area contributed by atoms with Crippen molar-refractivity contribution in [3.8, 4) is 11.8 Å². The van der Waals surface area contributed by atoms with Crippen molar-refractivity contribution >= 4 is 11.6 Å². The van der Waals surface area contributed by atoms with Gasteiger partial charge in [0.05, 0.1) is 18.7 Å². The van der Waals surface area contributed by atoms with Gasteiger partial charge in [-0.25, -0.2) is 0 Å². The van der Waals surface area contributed by atoms with Crippen LogP contribution >= 0.6 is 0 Å². The molecular formula is C16H12N2O2. The molecule has 98 valence electrons. The molecule has 1 aliphatic heterocycles. The fourth-order valence-electron chi connectivity index (χ4n) is 2.53. The molecule has 0 saturated heterocycles. The second kappa shape index (κ2) is 4.71. The molecule has 2 aromatic carbocycles. The highest BCUT2D eigenvalue weighted by Gasteiger charge is 2.39. The first kappa shape index (κ1) is 12.2. The van der Waals surface area contributed by atoms with Crippen LogP contribution in [0.5, 0.6) is 5.75 Å². The van der Waals surface area contributed by atoms with Gasteiger partial charge in [0.1, 0.15) is 5.75 Å². The predicted octanol–water partition coefficient (Wildman–Crippen LogP) is 2.92. The van der Waals surface area contributed by atoms with E-state index in [1.165, 1.54) is 12.0 Å². The minimum absolute atomic E-state index is 0.199. The van der Waals surface area contributed by atoms with Crippen LogP contribution in [0.1, 0.15) is 22.0 Å². The molecule has 3 rings (SSSR count). The zero-order valence-corrected chi connectivity index (χ0v) is 10.9. The fourth-order valence-corrected chi connectivity index (χ4v) is 2.53. The smallest absolute Gasteiger partial charge is 0.263 e. The molecule has 1 amide bonds. The summed E-state index contributed by atoms with van der Waals surface area (Å²) in [6.07, 6.45) is 0. The van der Waals surface area contributed by atoms with E-state index in [4.69, 9.17) is 4.74 Å². The van der Waals surface area contributed by atoms with Crippen molar-refractivity contribution in [2.24, 2.45) is 0 Å². The lowest BCUT2D eigenvalue weighted by Crippen LogP contribution is -2.26. The molecule has 0 aliphatic carbocycles. The van der Waals surface area contributed by atoms with Crippen LogP contribution < -0.4 is 9.64 Å². The number of benzene rings is 2. The number of amides is 1. The summed E-state index contributed by atoms with van der Waals surface area (Å²) in [7, 11) is 1.52. The van der Waals surface area contributed by atoms with Crippen LogP contribution in [-0.2, 0) is 0 Å². The minimum atomic E-state index is -0.616. The standard InChI is InChI=1S/C16H12N2O2/c1-20-14-9-5-8-12-13(10-17)18(16(19)15(12)14)11-6-3-2-4-7-11/h2-9,13H,1H3. The van der Waals surface area contributed by atoms with E-state index in [1.54, 1.807) is 18.2 Å². The number of nitrogens with zero attached hydrogens (tertiary/aromatic N) is 2. The average Bonchev–Trinajstić information content (AvgIpc) is 2.80. The van der Waals surface area contributed by atoms with Gasteiger partial charge in [0.25, 0.3) is 5.91 Å². The highest BCUT2D eigenvalue weighted by Crippen LogP contribution is 2.40. The lowest BCUT2D eigenvalue weighted by atomic mass is 10.0. The van der Waals surface area contributed by atoms with Crippen molar-refractivity contribution in [3.63, 3.8) is 0 Å². The normalized spacial score (nSPS) is 16.7. The van der Waals surface area contributed by atoms with E-state index in [9.17, 15) is 10.1 Å². The monoisotopic (exact) mass is 264 g/mol. The van der Waals surface area contributed by atoms with E-state index in [0.717, 1.165) is 0 Å². The van der Waals surface area contributed by atoms with Gasteiger partial charge in [-0.3, -0.25) is 9.69 Å². The molecule has 0 saturated carbocycles.